The summed E-state index contributed by atoms with van der Waals surface area (Å²) in [7, 11) is 0. The molecule has 2 unspecified atom stereocenters. The number of rotatable bonds is 3. The largest absolute Gasteiger partial charge is 0.295 e. The first-order valence-corrected chi connectivity index (χ1v) is 6.25. The summed E-state index contributed by atoms with van der Waals surface area (Å²) in [6.07, 6.45) is 4.93. The molecular formula is C15H24O. The molecule has 0 saturated carbocycles. The molecule has 0 N–H and O–H groups in total. The van der Waals surface area contributed by atoms with Gasteiger partial charge in [-0.05, 0) is 58.4 Å². The van der Waals surface area contributed by atoms with Crippen molar-refractivity contribution in [1.82, 2.24) is 0 Å². The van der Waals surface area contributed by atoms with Crippen molar-refractivity contribution < 1.29 is 4.79 Å². The number of carbonyl (C=O) groups is 1. The fraction of sp³-hybridized carbons (Fsp3) is 0.667. The van der Waals surface area contributed by atoms with Crippen molar-refractivity contribution in [2.75, 3.05) is 0 Å². The van der Waals surface area contributed by atoms with Crippen molar-refractivity contribution in [3.8, 4) is 0 Å². The first-order valence-electron chi connectivity index (χ1n) is 6.25. The van der Waals surface area contributed by atoms with Gasteiger partial charge in [0.1, 0.15) is 0 Å². The lowest BCUT2D eigenvalue weighted by Gasteiger charge is -2.28. The number of ketones is 1. The van der Waals surface area contributed by atoms with Crippen LogP contribution in [0.2, 0.25) is 0 Å². The molecule has 0 saturated heterocycles. The average molecular weight is 220 g/mol. The van der Waals surface area contributed by atoms with Gasteiger partial charge >= 0.3 is 0 Å². The van der Waals surface area contributed by atoms with E-state index < -0.39 is 0 Å². The summed E-state index contributed by atoms with van der Waals surface area (Å²) in [5.41, 5.74) is 4.21. The SMILES string of the molecule is CC1=CC(=O)CC(C)C1CCC(C)=C(C)C. The van der Waals surface area contributed by atoms with Crippen LogP contribution in [0.15, 0.2) is 22.8 Å². The number of hydrogen-bond donors (Lipinski definition) is 0. The Labute approximate surface area is 99.6 Å². The first kappa shape index (κ1) is 13.2. The maximum absolute atomic E-state index is 11.4. The van der Waals surface area contributed by atoms with E-state index >= 15 is 0 Å². The summed E-state index contributed by atoms with van der Waals surface area (Å²) in [6, 6.07) is 0. The van der Waals surface area contributed by atoms with Crippen molar-refractivity contribution in [1.29, 1.82) is 0 Å². The summed E-state index contributed by atoms with van der Waals surface area (Å²) in [5, 5.41) is 0. The third-order valence-corrected chi connectivity index (χ3v) is 3.87. The van der Waals surface area contributed by atoms with Crippen LogP contribution in [0.5, 0.6) is 0 Å². The van der Waals surface area contributed by atoms with Crippen molar-refractivity contribution >= 4 is 5.78 Å². The fourth-order valence-electron chi connectivity index (χ4n) is 2.46. The molecule has 0 radical (unpaired) electrons. The van der Waals surface area contributed by atoms with E-state index in [9.17, 15) is 4.79 Å². The molecule has 1 nitrogen and oxygen atoms in total. The fourth-order valence-corrected chi connectivity index (χ4v) is 2.46. The molecule has 1 aliphatic rings. The van der Waals surface area contributed by atoms with Crippen molar-refractivity contribution in [2.45, 2.75) is 53.9 Å². The summed E-state index contributed by atoms with van der Waals surface area (Å²) in [5.74, 6) is 1.43. The Morgan fingerprint density at radius 1 is 1.38 bits per heavy atom. The van der Waals surface area contributed by atoms with Gasteiger partial charge in [-0.25, -0.2) is 0 Å². The monoisotopic (exact) mass is 220 g/mol. The smallest absolute Gasteiger partial charge is 0.155 e. The van der Waals surface area contributed by atoms with Crippen molar-refractivity contribution in [2.24, 2.45) is 11.8 Å². The lowest BCUT2D eigenvalue weighted by atomic mass is 9.76. The van der Waals surface area contributed by atoms with Gasteiger partial charge in [-0.15, -0.1) is 0 Å². The molecule has 1 rings (SSSR count). The Kier molecular flexibility index (Phi) is 4.52. The normalized spacial score (nSPS) is 25.3. The molecular weight excluding hydrogens is 196 g/mol. The van der Waals surface area contributed by atoms with Crippen LogP contribution in [0.25, 0.3) is 0 Å². The van der Waals surface area contributed by atoms with Gasteiger partial charge in [0.2, 0.25) is 0 Å². The maximum atomic E-state index is 11.4. The van der Waals surface area contributed by atoms with Gasteiger partial charge in [0.25, 0.3) is 0 Å². The quantitative estimate of drug-likeness (QED) is 0.648. The van der Waals surface area contributed by atoms with Crippen LogP contribution >= 0.6 is 0 Å². The molecule has 90 valence electrons. The molecule has 0 aromatic carbocycles. The zero-order valence-electron chi connectivity index (χ0n) is 11.3. The molecule has 0 bridgehead atoms. The van der Waals surface area contributed by atoms with Crippen molar-refractivity contribution in [3.05, 3.63) is 22.8 Å². The molecule has 16 heavy (non-hydrogen) atoms. The highest BCUT2D eigenvalue weighted by Gasteiger charge is 2.25. The average Bonchev–Trinajstić information content (AvgIpc) is 2.15. The van der Waals surface area contributed by atoms with E-state index in [1.165, 1.54) is 23.1 Å². The highest BCUT2D eigenvalue weighted by molar-refractivity contribution is 5.91. The van der Waals surface area contributed by atoms with E-state index in [0.717, 1.165) is 12.8 Å². The van der Waals surface area contributed by atoms with E-state index in [-0.39, 0.29) is 0 Å². The topological polar surface area (TPSA) is 17.1 Å². The van der Waals surface area contributed by atoms with Crippen LogP contribution in [0, 0.1) is 11.8 Å². The molecule has 0 spiro atoms. The highest BCUT2D eigenvalue weighted by Crippen LogP contribution is 2.33. The minimum absolute atomic E-state index is 0.306. The number of allylic oxidation sites excluding steroid dienone is 4. The van der Waals surface area contributed by atoms with Crippen LogP contribution in [-0.2, 0) is 4.79 Å². The Morgan fingerprint density at radius 3 is 2.50 bits per heavy atom. The third-order valence-electron chi connectivity index (χ3n) is 3.87. The van der Waals surface area contributed by atoms with Crippen LogP contribution in [0.1, 0.15) is 53.9 Å². The predicted octanol–water partition coefficient (Wildman–Crippen LogP) is 4.29. The molecule has 0 aromatic rings. The van der Waals surface area contributed by atoms with E-state index in [4.69, 9.17) is 0 Å². The third kappa shape index (κ3) is 3.33. The second kappa shape index (κ2) is 5.47. The first-order chi connectivity index (χ1) is 7.41. The second-order valence-electron chi connectivity index (χ2n) is 5.46. The lowest BCUT2D eigenvalue weighted by Crippen LogP contribution is -2.21. The van der Waals surface area contributed by atoms with Gasteiger partial charge in [0.15, 0.2) is 5.78 Å². The predicted molar refractivity (Wildman–Crippen MR) is 69.3 cm³/mol. The maximum Gasteiger partial charge on any atom is 0.155 e. The Balaban J connectivity index is 2.64. The summed E-state index contributed by atoms with van der Waals surface area (Å²) >= 11 is 0. The Hall–Kier alpha value is -0.850. The number of hydrogen-bond acceptors (Lipinski definition) is 1. The Bertz CT molecular complexity index is 329. The van der Waals surface area contributed by atoms with Gasteiger partial charge in [0, 0.05) is 6.42 Å². The zero-order chi connectivity index (χ0) is 12.3. The Morgan fingerprint density at radius 2 is 2.00 bits per heavy atom. The van der Waals surface area contributed by atoms with E-state index in [1.807, 2.05) is 6.08 Å². The van der Waals surface area contributed by atoms with Gasteiger partial charge in [0.05, 0.1) is 0 Å². The number of carbonyl (C=O) groups excluding carboxylic acids is 1. The molecule has 1 aliphatic carbocycles. The molecule has 2 atom stereocenters. The van der Waals surface area contributed by atoms with Crippen molar-refractivity contribution in [3.63, 3.8) is 0 Å². The van der Waals surface area contributed by atoms with Crippen LogP contribution in [0.4, 0.5) is 0 Å². The molecule has 0 heterocycles. The van der Waals surface area contributed by atoms with E-state index in [1.54, 1.807) is 0 Å². The van der Waals surface area contributed by atoms with Gasteiger partial charge < -0.3 is 0 Å². The molecule has 0 amide bonds. The second-order valence-corrected chi connectivity index (χ2v) is 5.46. The van der Waals surface area contributed by atoms with Gasteiger partial charge in [-0.1, -0.05) is 23.6 Å². The van der Waals surface area contributed by atoms with Gasteiger partial charge in [-0.2, -0.15) is 0 Å². The highest BCUT2D eigenvalue weighted by atomic mass is 16.1. The lowest BCUT2D eigenvalue weighted by molar-refractivity contribution is -0.116. The van der Waals surface area contributed by atoms with Gasteiger partial charge in [-0.3, -0.25) is 4.79 Å². The summed E-state index contributed by atoms with van der Waals surface area (Å²) < 4.78 is 0. The molecule has 0 fully saturated rings. The standard InChI is InChI=1S/C15H24O/c1-10(2)11(3)6-7-15-12(4)8-14(16)9-13(15)5/h8,13,15H,6-7,9H2,1-5H3. The molecule has 1 heteroatoms. The summed E-state index contributed by atoms with van der Waals surface area (Å²) in [6.45, 7) is 10.9. The van der Waals surface area contributed by atoms with E-state index in [0.29, 0.717) is 17.6 Å². The molecule has 0 aromatic heterocycles. The summed E-state index contributed by atoms with van der Waals surface area (Å²) in [4.78, 5) is 11.4. The van der Waals surface area contributed by atoms with Crippen LogP contribution < -0.4 is 0 Å². The van der Waals surface area contributed by atoms with Crippen LogP contribution in [-0.4, -0.2) is 5.78 Å². The molecule has 0 aliphatic heterocycles. The van der Waals surface area contributed by atoms with Crippen LogP contribution in [0.3, 0.4) is 0 Å². The minimum Gasteiger partial charge on any atom is -0.295 e. The zero-order valence-corrected chi connectivity index (χ0v) is 11.3. The van der Waals surface area contributed by atoms with E-state index in [2.05, 4.69) is 34.6 Å². The minimum atomic E-state index is 0.306.